The molecule has 0 radical (unpaired) electrons. The van der Waals surface area contributed by atoms with Gasteiger partial charge in [-0.25, -0.2) is 0 Å². The number of aliphatic hydroxyl groups excluding tert-OH is 2. The minimum absolute atomic E-state index is 0.149. The zero-order valence-corrected chi connectivity index (χ0v) is 11.0. The van der Waals surface area contributed by atoms with Gasteiger partial charge in [-0.2, -0.15) is 0 Å². The van der Waals surface area contributed by atoms with Crippen LogP contribution in [0.5, 0.6) is 5.75 Å². The van der Waals surface area contributed by atoms with Crippen LogP contribution in [-0.4, -0.2) is 41.6 Å². The topological polar surface area (TPSA) is 102 Å². The third kappa shape index (κ3) is 3.77. The van der Waals surface area contributed by atoms with Gasteiger partial charge >= 0.3 is 0 Å². The molecule has 0 amide bonds. The van der Waals surface area contributed by atoms with Gasteiger partial charge in [0.25, 0.3) is 0 Å². The lowest BCUT2D eigenvalue weighted by Crippen LogP contribution is -2.40. The van der Waals surface area contributed by atoms with E-state index in [4.69, 9.17) is 20.3 Å². The zero-order chi connectivity index (χ0) is 14.5. The van der Waals surface area contributed by atoms with E-state index in [1.807, 2.05) is 0 Å². The van der Waals surface area contributed by atoms with Crippen LogP contribution < -0.4 is 10.5 Å². The first-order chi connectivity index (χ1) is 9.62. The molecule has 1 aliphatic heterocycles. The first-order valence-corrected chi connectivity index (χ1v) is 6.54. The van der Waals surface area contributed by atoms with Crippen molar-refractivity contribution in [1.82, 2.24) is 0 Å². The number of benzene rings is 1. The Morgan fingerprint density at radius 3 is 2.70 bits per heavy atom. The second kappa shape index (κ2) is 6.81. The number of carbonyl (C=O) groups is 1. The lowest BCUT2D eigenvalue weighted by molar-refractivity contribution is -0.184. The van der Waals surface area contributed by atoms with Gasteiger partial charge in [-0.05, 0) is 17.7 Å². The molecule has 4 N–H and O–H groups in total. The molecule has 6 heteroatoms. The van der Waals surface area contributed by atoms with Crippen LogP contribution >= 0.6 is 0 Å². The second-order valence-corrected chi connectivity index (χ2v) is 4.84. The predicted molar refractivity (Wildman–Crippen MR) is 71.1 cm³/mol. The average Bonchev–Trinajstić information content (AvgIpc) is 2.46. The summed E-state index contributed by atoms with van der Waals surface area (Å²) >= 11 is 0. The van der Waals surface area contributed by atoms with E-state index >= 15 is 0 Å². The summed E-state index contributed by atoms with van der Waals surface area (Å²) in [5.74, 6) is 0.558. The second-order valence-electron chi connectivity index (χ2n) is 4.84. The number of hydrogen-bond donors (Lipinski definition) is 3. The van der Waals surface area contributed by atoms with Crippen LogP contribution in [0.1, 0.15) is 24.4 Å². The molecule has 1 heterocycles. The fraction of sp³-hybridized carbons (Fsp3) is 0.500. The van der Waals surface area contributed by atoms with Crippen molar-refractivity contribution in [3.8, 4) is 5.75 Å². The van der Waals surface area contributed by atoms with Crippen molar-refractivity contribution >= 4 is 6.29 Å². The van der Waals surface area contributed by atoms with Crippen molar-refractivity contribution < 1.29 is 24.5 Å². The van der Waals surface area contributed by atoms with Gasteiger partial charge in [0.1, 0.15) is 12.0 Å². The lowest BCUT2D eigenvalue weighted by atomic mass is 10.1. The number of carbonyl (C=O) groups excluding carboxylic acids is 1. The standard InChI is InChI=1S/C14H19NO5/c15-13(8-17)9-1-3-11(4-2-9)19-14-6-10(18)5-12(7-16)20-14/h1-4,8,10,12-14,16,18H,5-7,15H2/t10-,12?,13?,14?/m0/s1. The number of hydrogen-bond acceptors (Lipinski definition) is 6. The Morgan fingerprint density at radius 1 is 1.40 bits per heavy atom. The summed E-state index contributed by atoms with van der Waals surface area (Å²) in [6, 6.07) is 6.15. The van der Waals surface area contributed by atoms with Crippen molar-refractivity contribution in [2.75, 3.05) is 6.61 Å². The number of aldehydes is 1. The molecule has 0 aliphatic carbocycles. The maximum Gasteiger partial charge on any atom is 0.202 e. The largest absolute Gasteiger partial charge is 0.465 e. The molecule has 3 unspecified atom stereocenters. The summed E-state index contributed by atoms with van der Waals surface area (Å²) in [7, 11) is 0. The first-order valence-electron chi connectivity index (χ1n) is 6.54. The zero-order valence-electron chi connectivity index (χ0n) is 11.0. The van der Waals surface area contributed by atoms with Crippen LogP contribution in [0.4, 0.5) is 0 Å². The summed E-state index contributed by atoms with van der Waals surface area (Å²) in [5, 5.41) is 18.8. The highest BCUT2D eigenvalue weighted by Crippen LogP contribution is 2.23. The van der Waals surface area contributed by atoms with E-state index in [1.54, 1.807) is 24.3 Å². The number of aliphatic hydroxyl groups is 2. The molecule has 1 aromatic rings. The molecule has 1 saturated heterocycles. The molecule has 2 rings (SSSR count). The molecule has 0 bridgehead atoms. The average molecular weight is 281 g/mol. The maximum absolute atomic E-state index is 10.6. The molecule has 20 heavy (non-hydrogen) atoms. The van der Waals surface area contributed by atoms with E-state index in [9.17, 15) is 9.90 Å². The molecule has 1 fully saturated rings. The smallest absolute Gasteiger partial charge is 0.202 e. The van der Waals surface area contributed by atoms with Crippen LogP contribution in [0.3, 0.4) is 0 Å². The molecule has 110 valence electrons. The summed E-state index contributed by atoms with van der Waals surface area (Å²) in [6.45, 7) is -0.149. The molecule has 1 aliphatic rings. The van der Waals surface area contributed by atoms with Crippen LogP contribution in [-0.2, 0) is 9.53 Å². The molecule has 0 saturated carbocycles. The van der Waals surface area contributed by atoms with Gasteiger partial charge in [-0.3, -0.25) is 0 Å². The van der Waals surface area contributed by atoms with Crippen LogP contribution in [0, 0.1) is 0 Å². The van der Waals surface area contributed by atoms with Crippen molar-refractivity contribution in [2.45, 2.75) is 37.4 Å². The fourth-order valence-electron chi connectivity index (χ4n) is 2.14. The van der Waals surface area contributed by atoms with E-state index in [-0.39, 0.29) is 6.61 Å². The van der Waals surface area contributed by atoms with Crippen LogP contribution in [0.25, 0.3) is 0 Å². The minimum atomic E-state index is -0.643. The van der Waals surface area contributed by atoms with Crippen LogP contribution in [0.15, 0.2) is 24.3 Å². The molecule has 0 spiro atoms. The molecule has 0 aromatic heterocycles. The van der Waals surface area contributed by atoms with Crippen molar-refractivity contribution in [1.29, 1.82) is 0 Å². The molecule has 4 atom stereocenters. The fourth-order valence-corrected chi connectivity index (χ4v) is 2.14. The van der Waals surface area contributed by atoms with E-state index < -0.39 is 24.5 Å². The van der Waals surface area contributed by atoms with Crippen molar-refractivity contribution in [3.05, 3.63) is 29.8 Å². The Morgan fingerprint density at radius 2 is 2.10 bits per heavy atom. The SMILES string of the molecule is NC(C=O)c1ccc(OC2C[C@@H](O)CC(CO)O2)cc1. The normalized spacial score (nSPS) is 27.9. The Balaban J connectivity index is 1.97. The highest BCUT2D eigenvalue weighted by Gasteiger charge is 2.29. The quantitative estimate of drug-likeness (QED) is 0.663. The highest BCUT2D eigenvalue weighted by molar-refractivity contribution is 5.61. The Labute approximate surface area is 117 Å². The van der Waals surface area contributed by atoms with E-state index in [2.05, 4.69) is 0 Å². The summed E-state index contributed by atoms with van der Waals surface area (Å²) < 4.78 is 11.1. The summed E-state index contributed by atoms with van der Waals surface area (Å²) in [6.07, 6.45) is -0.126. The predicted octanol–water partition coefficient (Wildman–Crippen LogP) is 0.122. The minimum Gasteiger partial charge on any atom is -0.465 e. The van der Waals surface area contributed by atoms with Gasteiger partial charge in [-0.15, -0.1) is 0 Å². The number of ether oxygens (including phenoxy) is 2. The number of nitrogens with two attached hydrogens (primary N) is 1. The van der Waals surface area contributed by atoms with Gasteiger partial charge in [0.15, 0.2) is 0 Å². The molecular formula is C14H19NO5. The lowest BCUT2D eigenvalue weighted by Gasteiger charge is -2.32. The van der Waals surface area contributed by atoms with Gasteiger partial charge in [0.2, 0.25) is 6.29 Å². The van der Waals surface area contributed by atoms with E-state index in [1.165, 1.54) is 0 Å². The number of rotatable bonds is 5. The maximum atomic E-state index is 10.6. The molecule has 1 aromatic carbocycles. The molecule has 6 nitrogen and oxygen atoms in total. The van der Waals surface area contributed by atoms with Crippen molar-refractivity contribution in [3.63, 3.8) is 0 Å². The Kier molecular flexibility index (Phi) is 5.08. The van der Waals surface area contributed by atoms with Crippen molar-refractivity contribution in [2.24, 2.45) is 5.73 Å². The van der Waals surface area contributed by atoms with E-state index in [0.717, 1.165) is 0 Å². The summed E-state index contributed by atoms with van der Waals surface area (Å²) in [4.78, 5) is 10.6. The Hall–Kier alpha value is -1.47. The van der Waals surface area contributed by atoms with Gasteiger partial charge in [0.05, 0.1) is 24.9 Å². The van der Waals surface area contributed by atoms with E-state index in [0.29, 0.717) is 30.4 Å². The highest BCUT2D eigenvalue weighted by atomic mass is 16.7. The van der Waals surface area contributed by atoms with Gasteiger partial charge in [-0.1, -0.05) is 12.1 Å². The summed E-state index contributed by atoms with van der Waals surface area (Å²) in [5.41, 5.74) is 6.29. The third-order valence-electron chi connectivity index (χ3n) is 3.23. The van der Waals surface area contributed by atoms with Crippen LogP contribution in [0.2, 0.25) is 0 Å². The van der Waals surface area contributed by atoms with Gasteiger partial charge in [0, 0.05) is 12.8 Å². The monoisotopic (exact) mass is 281 g/mol. The first kappa shape index (κ1) is 14.9. The third-order valence-corrected chi connectivity index (χ3v) is 3.23. The molecular weight excluding hydrogens is 262 g/mol. The van der Waals surface area contributed by atoms with Gasteiger partial charge < -0.3 is 30.2 Å². The Bertz CT molecular complexity index is 436.